The molecule has 0 atom stereocenters. The molecule has 1 aromatic rings. The number of benzene rings is 1. The summed E-state index contributed by atoms with van der Waals surface area (Å²) in [5.74, 6) is -7.01. The third kappa shape index (κ3) is 3.18. The maximum Gasteiger partial charge on any atom is 0.383 e. The van der Waals surface area contributed by atoms with Crippen LogP contribution < -0.4 is 5.32 Å². The van der Waals surface area contributed by atoms with E-state index in [1.54, 1.807) is 5.32 Å². The number of nitrogens with one attached hydrogen (secondary N) is 1. The summed E-state index contributed by atoms with van der Waals surface area (Å²) in [6.07, 6.45) is -4.13. The lowest BCUT2D eigenvalue weighted by Gasteiger charge is -2.15. The van der Waals surface area contributed by atoms with Crippen LogP contribution >= 0.6 is 34.8 Å². The SMILES string of the molecule is O=C(Nc1cc(Cl)c(Cl)cc1Cl)C(F)(F)C(F)F. The van der Waals surface area contributed by atoms with Crippen LogP contribution in [0.5, 0.6) is 0 Å². The number of carbonyl (C=O) groups is 1. The predicted molar refractivity (Wildman–Crippen MR) is 61.1 cm³/mol. The third-order valence-corrected chi connectivity index (χ3v) is 2.87. The van der Waals surface area contributed by atoms with E-state index in [1.807, 2.05) is 0 Å². The molecule has 0 aliphatic heterocycles. The highest BCUT2D eigenvalue weighted by atomic mass is 35.5. The van der Waals surface area contributed by atoms with Crippen molar-refractivity contribution in [3.05, 3.63) is 27.2 Å². The lowest BCUT2D eigenvalue weighted by molar-refractivity contribution is -0.163. The molecule has 0 saturated heterocycles. The smallest absolute Gasteiger partial charge is 0.319 e. The van der Waals surface area contributed by atoms with Gasteiger partial charge in [-0.3, -0.25) is 4.79 Å². The normalized spacial score (nSPS) is 11.8. The summed E-state index contributed by atoms with van der Waals surface area (Å²) in [6, 6.07) is 2.06. The Morgan fingerprint density at radius 1 is 1.11 bits per heavy atom. The fourth-order valence-corrected chi connectivity index (χ4v) is 1.52. The summed E-state index contributed by atoms with van der Waals surface area (Å²) >= 11 is 16.7. The van der Waals surface area contributed by atoms with Crippen molar-refractivity contribution < 1.29 is 22.4 Å². The van der Waals surface area contributed by atoms with Crippen LogP contribution in [0.25, 0.3) is 0 Å². The average molecular weight is 324 g/mol. The summed E-state index contributed by atoms with van der Waals surface area (Å²) in [6.45, 7) is 0. The van der Waals surface area contributed by atoms with Crippen LogP contribution in [-0.2, 0) is 4.79 Å². The summed E-state index contributed by atoms with van der Waals surface area (Å²) in [5, 5.41) is 1.31. The van der Waals surface area contributed by atoms with Crippen LogP contribution in [0.2, 0.25) is 15.1 Å². The highest BCUT2D eigenvalue weighted by Crippen LogP contribution is 2.33. The van der Waals surface area contributed by atoms with Gasteiger partial charge < -0.3 is 5.32 Å². The average Bonchev–Trinajstić information content (AvgIpc) is 2.25. The minimum Gasteiger partial charge on any atom is -0.319 e. The van der Waals surface area contributed by atoms with Gasteiger partial charge >= 0.3 is 18.3 Å². The summed E-state index contributed by atoms with van der Waals surface area (Å²) in [7, 11) is 0. The summed E-state index contributed by atoms with van der Waals surface area (Å²) in [5.41, 5.74) is -0.337. The van der Waals surface area contributed by atoms with Crippen LogP contribution in [0.1, 0.15) is 0 Å². The molecule has 1 amide bonds. The Balaban J connectivity index is 2.99. The number of anilines is 1. The molecule has 0 unspecified atom stereocenters. The zero-order valence-corrected chi connectivity index (χ0v) is 10.6. The van der Waals surface area contributed by atoms with E-state index >= 15 is 0 Å². The van der Waals surface area contributed by atoms with Gasteiger partial charge in [0.05, 0.1) is 20.8 Å². The Morgan fingerprint density at radius 2 is 1.61 bits per heavy atom. The third-order valence-electron chi connectivity index (χ3n) is 1.83. The van der Waals surface area contributed by atoms with Gasteiger partial charge in [-0.15, -0.1) is 0 Å². The molecule has 0 aliphatic carbocycles. The number of amides is 1. The largest absolute Gasteiger partial charge is 0.383 e. The maximum atomic E-state index is 12.7. The van der Waals surface area contributed by atoms with Crippen molar-refractivity contribution in [2.45, 2.75) is 12.3 Å². The molecule has 0 bridgehead atoms. The van der Waals surface area contributed by atoms with Gasteiger partial charge in [0, 0.05) is 0 Å². The van der Waals surface area contributed by atoms with Crippen LogP contribution in [0.15, 0.2) is 12.1 Å². The molecule has 0 spiro atoms. The van der Waals surface area contributed by atoms with E-state index in [0.717, 1.165) is 12.1 Å². The molecule has 1 aromatic carbocycles. The number of hydrogen-bond donors (Lipinski definition) is 1. The molecule has 0 aliphatic rings. The van der Waals surface area contributed by atoms with E-state index in [-0.39, 0.29) is 20.8 Å². The molecular weight excluding hydrogens is 320 g/mol. The molecule has 0 fully saturated rings. The van der Waals surface area contributed by atoms with Crippen molar-refractivity contribution in [3.8, 4) is 0 Å². The van der Waals surface area contributed by atoms with E-state index in [1.165, 1.54) is 0 Å². The van der Waals surface area contributed by atoms with E-state index in [2.05, 4.69) is 0 Å². The lowest BCUT2D eigenvalue weighted by atomic mass is 10.2. The van der Waals surface area contributed by atoms with Crippen molar-refractivity contribution in [1.29, 1.82) is 0 Å². The van der Waals surface area contributed by atoms with Gasteiger partial charge in [0.25, 0.3) is 0 Å². The Bertz CT molecular complexity index is 481. The fourth-order valence-electron chi connectivity index (χ4n) is 0.923. The molecule has 9 heteroatoms. The Labute approximate surface area is 114 Å². The van der Waals surface area contributed by atoms with Crippen LogP contribution in [-0.4, -0.2) is 18.3 Å². The predicted octanol–water partition coefficient (Wildman–Crippen LogP) is 4.49. The summed E-state index contributed by atoms with van der Waals surface area (Å²) in [4.78, 5) is 10.9. The molecule has 1 N–H and O–H groups in total. The second-order valence-electron chi connectivity index (χ2n) is 3.12. The molecule has 0 aromatic heterocycles. The molecule has 0 radical (unpaired) electrons. The topological polar surface area (TPSA) is 29.1 Å². The minimum absolute atomic E-state index is 0.0280. The molecule has 2 nitrogen and oxygen atoms in total. The summed E-state index contributed by atoms with van der Waals surface area (Å²) < 4.78 is 49.2. The molecule has 1 rings (SSSR count). The van der Waals surface area contributed by atoms with E-state index in [4.69, 9.17) is 34.8 Å². The van der Waals surface area contributed by atoms with Gasteiger partial charge in [0.15, 0.2) is 0 Å². The monoisotopic (exact) mass is 323 g/mol. The number of carbonyl (C=O) groups excluding carboxylic acids is 1. The highest BCUT2D eigenvalue weighted by Gasteiger charge is 2.49. The number of hydrogen-bond acceptors (Lipinski definition) is 1. The van der Waals surface area contributed by atoms with Crippen molar-refractivity contribution >= 4 is 46.4 Å². The minimum atomic E-state index is -4.82. The van der Waals surface area contributed by atoms with Crippen molar-refractivity contribution in [3.63, 3.8) is 0 Å². The number of rotatable bonds is 3. The molecule has 18 heavy (non-hydrogen) atoms. The van der Waals surface area contributed by atoms with Gasteiger partial charge in [-0.2, -0.15) is 8.78 Å². The molecule has 0 saturated carbocycles. The van der Waals surface area contributed by atoms with Gasteiger partial charge in [-0.25, -0.2) is 8.78 Å². The second kappa shape index (κ2) is 5.50. The Kier molecular flexibility index (Phi) is 4.69. The van der Waals surface area contributed by atoms with Crippen molar-refractivity contribution in [1.82, 2.24) is 0 Å². The quantitative estimate of drug-likeness (QED) is 0.644. The molecule has 100 valence electrons. The lowest BCUT2D eigenvalue weighted by Crippen LogP contribution is -2.41. The second-order valence-corrected chi connectivity index (χ2v) is 4.35. The molecule has 0 heterocycles. The standard InChI is InChI=1S/C9H4Cl3F4NO/c10-3-1-5(12)6(2-4(3)11)17-8(18)9(15,16)7(13)14/h1-2,7H,(H,17,18). The van der Waals surface area contributed by atoms with Gasteiger partial charge in [-0.05, 0) is 12.1 Å². The Morgan fingerprint density at radius 3 is 2.11 bits per heavy atom. The number of alkyl halides is 4. The van der Waals surface area contributed by atoms with Crippen LogP contribution in [0, 0.1) is 0 Å². The van der Waals surface area contributed by atoms with E-state index < -0.39 is 18.3 Å². The van der Waals surface area contributed by atoms with Gasteiger partial charge in [0.2, 0.25) is 0 Å². The number of halogens is 7. The zero-order chi connectivity index (χ0) is 14.1. The van der Waals surface area contributed by atoms with E-state index in [0.29, 0.717) is 0 Å². The van der Waals surface area contributed by atoms with E-state index in [9.17, 15) is 22.4 Å². The first-order chi connectivity index (χ1) is 8.16. The first-order valence-corrected chi connectivity index (χ1v) is 5.41. The maximum absolute atomic E-state index is 12.7. The Hall–Kier alpha value is -0.720. The zero-order valence-electron chi connectivity index (χ0n) is 8.29. The first kappa shape index (κ1) is 15.3. The molecular formula is C9H4Cl3F4NO. The van der Waals surface area contributed by atoms with Gasteiger partial charge in [0.1, 0.15) is 0 Å². The highest BCUT2D eigenvalue weighted by molar-refractivity contribution is 6.44. The fraction of sp³-hybridized carbons (Fsp3) is 0.222. The van der Waals surface area contributed by atoms with Gasteiger partial charge in [-0.1, -0.05) is 34.8 Å². The van der Waals surface area contributed by atoms with Crippen molar-refractivity contribution in [2.24, 2.45) is 0 Å². The van der Waals surface area contributed by atoms with Crippen LogP contribution in [0.4, 0.5) is 23.2 Å². The first-order valence-electron chi connectivity index (χ1n) is 4.28. The van der Waals surface area contributed by atoms with Crippen LogP contribution in [0.3, 0.4) is 0 Å². The van der Waals surface area contributed by atoms with Crippen molar-refractivity contribution in [2.75, 3.05) is 5.32 Å².